The largest absolute Gasteiger partial charge is 0.454 e. The van der Waals surface area contributed by atoms with Crippen LogP contribution in [0.25, 0.3) is 0 Å². The van der Waals surface area contributed by atoms with Gasteiger partial charge < -0.3 is 28.5 Å². The van der Waals surface area contributed by atoms with Gasteiger partial charge in [0.25, 0.3) is 5.24 Å². The van der Waals surface area contributed by atoms with Crippen LogP contribution in [0.2, 0.25) is 36.3 Å². The van der Waals surface area contributed by atoms with Crippen LogP contribution in [0.5, 0.6) is 0 Å². The van der Waals surface area contributed by atoms with Crippen LogP contribution in [0.4, 0.5) is 11.4 Å². The molecule has 2 rings (SSSR count). The lowest BCUT2D eigenvalue weighted by Gasteiger charge is -2.35. The molecular weight excluding hydrogens is 680 g/mol. The fourth-order valence-electron chi connectivity index (χ4n) is 3.06. The number of esters is 1. The van der Waals surface area contributed by atoms with E-state index < -0.39 is 34.5 Å². The van der Waals surface area contributed by atoms with Crippen molar-refractivity contribution in [3.05, 3.63) is 59.7 Å². The molecule has 0 spiro atoms. The number of aliphatic hydroxyl groups is 1. The van der Waals surface area contributed by atoms with Crippen molar-refractivity contribution >= 4 is 62.4 Å². The predicted octanol–water partition coefficient (Wildman–Crippen LogP) is 7.20. The number of carbonyl (C=O) groups is 4. The van der Waals surface area contributed by atoms with E-state index in [1.807, 2.05) is 62.3 Å². The molecule has 0 aromatic heterocycles. The third-order valence-corrected chi connectivity index (χ3v) is 17.7. The quantitative estimate of drug-likeness (QED) is 0.128. The van der Waals surface area contributed by atoms with Crippen LogP contribution in [0.15, 0.2) is 48.5 Å². The van der Waals surface area contributed by atoms with Crippen LogP contribution >= 0.6 is 11.6 Å². The summed E-state index contributed by atoms with van der Waals surface area (Å²) in [5, 5.41) is 8.26. The van der Waals surface area contributed by atoms with E-state index in [2.05, 4.69) is 67.7 Å². The molecule has 0 unspecified atom stereocenters. The average molecular weight is 739 g/mol. The monoisotopic (exact) mass is 738 g/mol. The molecule has 0 aliphatic carbocycles. The van der Waals surface area contributed by atoms with Gasteiger partial charge in [-0.25, -0.2) is 4.79 Å². The summed E-state index contributed by atoms with van der Waals surface area (Å²) in [6.45, 7) is 20.4. The van der Waals surface area contributed by atoms with Crippen LogP contribution in [0.1, 0.15) is 62.3 Å². The number of benzene rings is 2. The van der Waals surface area contributed by atoms with Crippen LogP contribution in [-0.2, 0) is 23.2 Å². The SMILES string of the molecule is CC(C)(C)[Si](C)(C)OCC(=O)CO.CN(C)c1ccc(C(=O)Cl)cc1.CN(C)c1ccc(C(=O)OCC(=O)CO[Si](C)(C)C(C)(C)C)cc1. The van der Waals surface area contributed by atoms with Crippen molar-refractivity contribution in [3.8, 4) is 0 Å². The van der Waals surface area contributed by atoms with E-state index in [4.69, 9.17) is 30.3 Å². The molecule has 0 aliphatic rings. The van der Waals surface area contributed by atoms with Gasteiger partial charge in [-0.15, -0.1) is 0 Å². The van der Waals surface area contributed by atoms with Crippen molar-refractivity contribution in [2.24, 2.45) is 0 Å². The molecule has 0 aliphatic heterocycles. The third kappa shape index (κ3) is 17.1. The van der Waals surface area contributed by atoms with Gasteiger partial charge in [-0.05, 0) is 96.4 Å². The van der Waals surface area contributed by atoms with Gasteiger partial charge in [0, 0.05) is 45.1 Å². The molecule has 0 atom stereocenters. The molecule has 0 saturated heterocycles. The second-order valence-corrected chi connectivity index (χ2v) is 25.0. The Morgan fingerprint density at radius 2 is 0.980 bits per heavy atom. The highest BCUT2D eigenvalue weighted by Gasteiger charge is 2.38. The number of rotatable bonds is 13. The van der Waals surface area contributed by atoms with Gasteiger partial charge in [-0.1, -0.05) is 41.5 Å². The predicted molar refractivity (Wildman–Crippen MR) is 205 cm³/mol. The van der Waals surface area contributed by atoms with Crippen LogP contribution < -0.4 is 9.80 Å². The van der Waals surface area contributed by atoms with E-state index in [9.17, 15) is 19.2 Å². The molecule has 49 heavy (non-hydrogen) atoms. The summed E-state index contributed by atoms with van der Waals surface area (Å²) in [4.78, 5) is 49.3. The van der Waals surface area contributed by atoms with Crippen molar-refractivity contribution < 1.29 is 37.9 Å². The van der Waals surface area contributed by atoms with Crippen LogP contribution in [0.3, 0.4) is 0 Å². The molecule has 0 saturated carbocycles. The van der Waals surface area contributed by atoms with E-state index in [0.717, 1.165) is 11.4 Å². The van der Waals surface area contributed by atoms with E-state index in [-0.39, 0.29) is 41.5 Å². The number of nitrogens with zero attached hydrogens (tertiary/aromatic N) is 2. The molecule has 10 nitrogen and oxygen atoms in total. The number of anilines is 2. The Hall–Kier alpha value is -2.88. The minimum Gasteiger partial charge on any atom is -0.454 e. The van der Waals surface area contributed by atoms with Gasteiger partial charge in [-0.2, -0.15) is 0 Å². The number of halogens is 1. The lowest BCUT2D eigenvalue weighted by molar-refractivity contribution is -0.124. The molecule has 2 aromatic rings. The summed E-state index contributed by atoms with van der Waals surface area (Å²) in [7, 11) is 3.95. The molecule has 13 heteroatoms. The normalized spacial score (nSPS) is 11.7. The summed E-state index contributed by atoms with van der Waals surface area (Å²) in [5.41, 5.74) is 3.00. The summed E-state index contributed by atoms with van der Waals surface area (Å²) >= 11 is 5.28. The van der Waals surface area contributed by atoms with Gasteiger partial charge in [0.15, 0.2) is 34.8 Å². The molecule has 1 N–H and O–H groups in total. The maximum absolute atomic E-state index is 12.0. The molecule has 0 radical (unpaired) electrons. The number of carbonyl (C=O) groups excluding carboxylic acids is 4. The Morgan fingerprint density at radius 1 is 0.633 bits per heavy atom. The van der Waals surface area contributed by atoms with E-state index in [1.54, 1.807) is 24.3 Å². The van der Waals surface area contributed by atoms with E-state index >= 15 is 0 Å². The Kier molecular flexibility index (Phi) is 18.9. The first kappa shape index (κ1) is 46.1. The smallest absolute Gasteiger partial charge is 0.338 e. The van der Waals surface area contributed by atoms with Crippen molar-refractivity contribution in [1.82, 2.24) is 0 Å². The van der Waals surface area contributed by atoms with E-state index in [1.165, 1.54) is 0 Å². The van der Waals surface area contributed by atoms with Gasteiger partial charge >= 0.3 is 5.97 Å². The number of Topliss-reactive ketones (excluding diaryl/α,β-unsaturated/α-hetero) is 2. The van der Waals surface area contributed by atoms with Gasteiger partial charge in [0.05, 0.1) is 18.8 Å². The molecule has 276 valence electrons. The first-order valence-electron chi connectivity index (χ1n) is 16.1. The Morgan fingerprint density at radius 3 is 1.29 bits per heavy atom. The van der Waals surface area contributed by atoms with Crippen molar-refractivity contribution in [3.63, 3.8) is 0 Å². The molecule has 2 aromatic carbocycles. The highest BCUT2D eigenvalue weighted by atomic mass is 35.5. The fourth-order valence-corrected chi connectivity index (χ4v) is 5.09. The zero-order valence-corrected chi connectivity index (χ0v) is 34.8. The minimum absolute atomic E-state index is 0.0106. The van der Waals surface area contributed by atoms with Crippen LogP contribution in [-0.4, -0.2) is 99.1 Å². The van der Waals surface area contributed by atoms with Crippen molar-refractivity contribution in [1.29, 1.82) is 0 Å². The number of aliphatic hydroxyl groups excluding tert-OH is 1. The molecule has 0 fully saturated rings. The summed E-state index contributed by atoms with van der Waals surface area (Å²) in [6, 6.07) is 14.2. The number of hydrogen-bond donors (Lipinski definition) is 1. The number of ether oxygens (including phenoxy) is 1. The molecule has 0 bridgehead atoms. The topological polar surface area (TPSA) is 123 Å². The zero-order chi connectivity index (χ0) is 38.4. The lowest BCUT2D eigenvalue weighted by atomic mass is 10.2. The van der Waals surface area contributed by atoms with Gasteiger partial charge in [0.1, 0.15) is 6.61 Å². The first-order chi connectivity index (χ1) is 22.3. The zero-order valence-electron chi connectivity index (χ0n) is 32.0. The fraction of sp³-hybridized carbons (Fsp3) is 0.556. The number of ketones is 2. The third-order valence-electron chi connectivity index (χ3n) is 8.57. The average Bonchev–Trinajstić information content (AvgIpc) is 3.01. The highest BCUT2D eigenvalue weighted by molar-refractivity contribution is 6.74. The second kappa shape index (κ2) is 20.1. The highest BCUT2D eigenvalue weighted by Crippen LogP contribution is 2.37. The number of hydrogen-bond acceptors (Lipinski definition) is 10. The minimum atomic E-state index is -1.97. The second-order valence-electron chi connectivity index (χ2n) is 15.1. The van der Waals surface area contributed by atoms with Crippen molar-refractivity contribution in [2.75, 3.05) is 64.4 Å². The first-order valence-corrected chi connectivity index (χ1v) is 22.3. The van der Waals surface area contributed by atoms with E-state index in [0.29, 0.717) is 11.1 Å². The maximum Gasteiger partial charge on any atom is 0.338 e. The Balaban J connectivity index is 0.000000776. The lowest BCUT2D eigenvalue weighted by Crippen LogP contribution is -2.42. The molecule has 0 amide bonds. The Bertz CT molecular complexity index is 1350. The van der Waals surface area contributed by atoms with Gasteiger partial charge in [-0.3, -0.25) is 14.4 Å². The Labute approximate surface area is 301 Å². The molecular formula is C36H59ClN2O8Si2. The summed E-state index contributed by atoms with van der Waals surface area (Å²) < 4.78 is 16.5. The maximum atomic E-state index is 12.0. The summed E-state index contributed by atoms with van der Waals surface area (Å²) in [5.74, 6) is -0.969. The van der Waals surface area contributed by atoms with Crippen molar-refractivity contribution in [2.45, 2.75) is 77.8 Å². The standard InChI is InChI=1S/C18H29NO4Si.C9H10ClNO.C9H20O3Si/c1-18(2,3)24(6,7)23-13-16(20)12-22-17(21)14-8-10-15(11-9-14)19(4)5;1-11(2)8-5-3-7(4-6-8)9(10)12;1-9(2,3)13(4,5)12-7-8(11)6-10/h8-11H,12-13H2,1-7H3;3-6H,1-2H3;10H,6-7H2,1-5H3. The molecule has 0 heterocycles. The summed E-state index contributed by atoms with van der Waals surface area (Å²) in [6.07, 6.45) is 0. The van der Waals surface area contributed by atoms with Gasteiger partial charge in [0.2, 0.25) is 0 Å². The van der Waals surface area contributed by atoms with Crippen LogP contribution in [0, 0.1) is 0 Å².